The second-order valence-electron chi connectivity index (χ2n) is 4.60. The maximum atomic E-state index is 11.4. The van der Waals surface area contributed by atoms with E-state index in [1.807, 2.05) is 6.92 Å². The molecule has 1 fully saturated rings. The van der Waals surface area contributed by atoms with E-state index in [1.54, 1.807) is 11.8 Å². The van der Waals surface area contributed by atoms with Gasteiger partial charge in [0.05, 0.1) is 23.6 Å². The van der Waals surface area contributed by atoms with Gasteiger partial charge in [0, 0.05) is 5.25 Å². The summed E-state index contributed by atoms with van der Waals surface area (Å²) in [4.78, 5) is 4.35. The maximum Gasteiger partial charge on any atom is 0.157 e. The Morgan fingerprint density at radius 1 is 1.60 bits per heavy atom. The fourth-order valence-electron chi connectivity index (χ4n) is 1.91. The van der Waals surface area contributed by atoms with Crippen LogP contribution in [0.4, 0.5) is 0 Å². The smallest absolute Gasteiger partial charge is 0.157 e. The van der Waals surface area contributed by atoms with Gasteiger partial charge in [0.1, 0.15) is 0 Å². The highest BCUT2D eigenvalue weighted by Gasteiger charge is 2.39. The van der Waals surface area contributed by atoms with Crippen molar-refractivity contribution < 1.29 is 8.42 Å². The monoisotopic (exact) mass is 248 g/mol. The lowest BCUT2D eigenvalue weighted by Gasteiger charge is -2.24. The van der Waals surface area contributed by atoms with Gasteiger partial charge in [0.25, 0.3) is 0 Å². The van der Waals surface area contributed by atoms with Crippen molar-refractivity contribution in [3.05, 3.63) is 0 Å². The van der Waals surface area contributed by atoms with Crippen molar-refractivity contribution >= 4 is 26.8 Å². The SMILES string of the molecule is CC1CN=C(NC2(C)CCS(=O)(=O)C2)S1. The molecule has 0 radical (unpaired) electrons. The predicted octanol–water partition coefficient (Wildman–Crippen LogP) is 0.645. The van der Waals surface area contributed by atoms with Gasteiger partial charge in [-0.25, -0.2) is 8.42 Å². The molecule has 0 aromatic rings. The average Bonchev–Trinajstić information content (AvgIpc) is 2.57. The van der Waals surface area contributed by atoms with Crippen molar-refractivity contribution in [1.82, 2.24) is 5.32 Å². The standard InChI is InChI=1S/C9H16N2O2S2/c1-7-5-10-8(14-7)11-9(2)3-4-15(12,13)6-9/h7H,3-6H2,1-2H3,(H,10,11). The maximum absolute atomic E-state index is 11.4. The summed E-state index contributed by atoms with van der Waals surface area (Å²) in [6.45, 7) is 4.91. The molecule has 15 heavy (non-hydrogen) atoms. The van der Waals surface area contributed by atoms with E-state index < -0.39 is 9.84 Å². The molecule has 0 saturated carbocycles. The van der Waals surface area contributed by atoms with Crippen LogP contribution in [0.1, 0.15) is 20.3 Å². The average molecular weight is 248 g/mol. The highest BCUT2D eigenvalue weighted by atomic mass is 32.2. The van der Waals surface area contributed by atoms with Gasteiger partial charge >= 0.3 is 0 Å². The molecule has 0 bridgehead atoms. The Morgan fingerprint density at radius 2 is 2.33 bits per heavy atom. The first-order valence-corrected chi connectivity index (χ1v) is 7.78. The van der Waals surface area contributed by atoms with E-state index in [4.69, 9.17) is 0 Å². The van der Waals surface area contributed by atoms with E-state index in [1.165, 1.54) is 0 Å². The van der Waals surface area contributed by atoms with Crippen molar-refractivity contribution in [2.24, 2.45) is 4.99 Å². The molecule has 0 spiro atoms. The number of nitrogens with zero attached hydrogens (tertiary/aromatic N) is 1. The van der Waals surface area contributed by atoms with E-state index in [0.29, 0.717) is 17.4 Å². The minimum atomic E-state index is -2.84. The normalized spacial score (nSPS) is 39.1. The number of rotatable bonds is 1. The van der Waals surface area contributed by atoms with Gasteiger partial charge in [-0.1, -0.05) is 18.7 Å². The van der Waals surface area contributed by atoms with Crippen LogP contribution in [0, 0.1) is 0 Å². The van der Waals surface area contributed by atoms with Crippen LogP contribution >= 0.6 is 11.8 Å². The number of hydrogen-bond acceptors (Lipinski definition) is 5. The van der Waals surface area contributed by atoms with Gasteiger partial charge in [0.15, 0.2) is 15.0 Å². The summed E-state index contributed by atoms with van der Waals surface area (Å²) in [5.74, 6) is 0.526. The molecule has 2 aliphatic rings. The number of thioether (sulfide) groups is 1. The molecular weight excluding hydrogens is 232 g/mol. The predicted molar refractivity (Wildman–Crippen MR) is 64.2 cm³/mol. The molecule has 86 valence electrons. The van der Waals surface area contributed by atoms with Gasteiger partial charge in [-0.15, -0.1) is 0 Å². The minimum Gasteiger partial charge on any atom is -0.359 e. The summed E-state index contributed by atoms with van der Waals surface area (Å²) in [5, 5.41) is 4.69. The van der Waals surface area contributed by atoms with E-state index in [2.05, 4.69) is 17.2 Å². The molecule has 1 N–H and O–H groups in total. The van der Waals surface area contributed by atoms with Crippen LogP contribution in [0.25, 0.3) is 0 Å². The Hall–Kier alpha value is -0.230. The zero-order valence-electron chi connectivity index (χ0n) is 8.99. The first-order chi connectivity index (χ1) is 6.89. The highest BCUT2D eigenvalue weighted by Crippen LogP contribution is 2.26. The lowest BCUT2D eigenvalue weighted by atomic mass is 10.0. The van der Waals surface area contributed by atoms with Gasteiger partial charge in [-0.2, -0.15) is 0 Å². The third kappa shape index (κ3) is 2.66. The second kappa shape index (κ2) is 3.66. The summed E-state index contributed by atoms with van der Waals surface area (Å²) in [7, 11) is -2.84. The molecule has 1 saturated heterocycles. The Morgan fingerprint density at radius 3 is 2.80 bits per heavy atom. The quantitative estimate of drug-likeness (QED) is 0.740. The molecule has 0 aromatic carbocycles. The lowest BCUT2D eigenvalue weighted by molar-refractivity contribution is 0.475. The molecule has 2 heterocycles. The molecule has 6 heteroatoms. The Labute approximate surface area is 94.8 Å². The van der Waals surface area contributed by atoms with Crippen molar-refractivity contribution in [3.8, 4) is 0 Å². The second-order valence-corrected chi connectivity index (χ2v) is 8.21. The van der Waals surface area contributed by atoms with Crippen molar-refractivity contribution in [1.29, 1.82) is 0 Å². The Bertz CT molecular complexity index is 391. The molecule has 0 aromatic heterocycles. The summed E-state index contributed by atoms with van der Waals surface area (Å²) < 4.78 is 22.8. The molecule has 0 aliphatic carbocycles. The topological polar surface area (TPSA) is 58.5 Å². The number of aliphatic imine (C=N–C) groups is 1. The molecule has 2 atom stereocenters. The van der Waals surface area contributed by atoms with Crippen LogP contribution < -0.4 is 5.32 Å². The van der Waals surface area contributed by atoms with Crippen LogP contribution in [0.3, 0.4) is 0 Å². The number of amidine groups is 1. The van der Waals surface area contributed by atoms with Gasteiger partial charge in [-0.3, -0.25) is 4.99 Å². The fourth-order valence-corrected chi connectivity index (χ4v) is 4.99. The van der Waals surface area contributed by atoms with Crippen LogP contribution in [0.5, 0.6) is 0 Å². The van der Waals surface area contributed by atoms with Crippen LogP contribution in [-0.2, 0) is 9.84 Å². The molecule has 4 nitrogen and oxygen atoms in total. The third-order valence-corrected chi connectivity index (χ3v) is 5.63. The zero-order valence-corrected chi connectivity index (χ0v) is 10.6. The summed E-state index contributed by atoms with van der Waals surface area (Å²) >= 11 is 1.70. The van der Waals surface area contributed by atoms with Gasteiger partial charge in [-0.05, 0) is 13.3 Å². The molecule has 2 rings (SSSR count). The van der Waals surface area contributed by atoms with Crippen molar-refractivity contribution in [3.63, 3.8) is 0 Å². The van der Waals surface area contributed by atoms with E-state index in [0.717, 1.165) is 11.7 Å². The summed E-state index contributed by atoms with van der Waals surface area (Å²) in [6.07, 6.45) is 0.684. The molecule has 0 amide bonds. The largest absolute Gasteiger partial charge is 0.359 e. The van der Waals surface area contributed by atoms with Crippen LogP contribution in [-0.4, -0.2) is 42.4 Å². The van der Waals surface area contributed by atoms with E-state index in [9.17, 15) is 8.42 Å². The molecule has 2 aliphatic heterocycles. The van der Waals surface area contributed by atoms with Crippen molar-refractivity contribution in [2.45, 2.75) is 31.1 Å². The van der Waals surface area contributed by atoms with Gasteiger partial charge < -0.3 is 5.32 Å². The summed E-state index contributed by atoms with van der Waals surface area (Å²) in [5.41, 5.74) is -0.311. The van der Waals surface area contributed by atoms with Crippen molar-refractivity contribution in [2.75, 3.05) is 18.1 Å². The minimum absolute atomic E-state index is 0.230. The molecular formula is C9H16N2O2S2. The fraction of sp³-hybridized carbons (Fsp3) is 0.889. The number of nitrogens with one attached hydrogen (secondary N) is 1. The highest BCUT2D eigenvalue weighted by molar-refractivity contribution is 8.14. The third-order valence-electron chi connectivity index (χ3n) is 2.72. The van der Waals surface area contributed by atoms with Gasteiger partial charge in [0.2, 0.25) is 0 Å². The Balaban J connectivity index is 2.01. The lowest BCUT2D eigenvalue weighted by Crippen LogP contribution is -2.45. The first kappa shape index (κ1) is 11.3. The Kier molecular flexibility index (Phi) is 2.75. The number of hydrogen-bond donors (Lipinski definition) is 1. The van der Waals surface area contributed by atoms with E-state index in [-0.39, 0.29) is 11.3 Å². The summed E-state index contributed by atoms with van der Waals surface area (Å²) in [6, 6.07) is 0. The van der Waals surface area contributed by atoms with Crippen LogP contribution in [0.15, 0.2) is 4.99 Å². The first-order valence-electron chi connectivity index (χ1n) is 5.08. The zero-order chi connectivity index (χ0) is 11.1. The van der Waals surface area contributed by atoms with E-state index >= 15 is 0 Å². The van der Waals surface area contributed by atoms with Crippen LogP contribution in [0.2, 0.25) is 0 Å². The molecule has 2 unspecified atom stereocenters. The number of sulfone groups is 1.